The van der Waals surface area contributed by atoms with E-state index in [0.29, 0.717) is 18.1 Å². The molecule has 21 heavy (non-hydrogen) atoms. The molecule has 1 saturated heterocycles. The molecule has 0 unspecified atom stereocenters. The average molecular weight is 305 g/mol. The highest BCUT2D eigenvalue weighted by Gasteiger charge is 2.33. The van der Waals surface area contributed by atoms with Gasteiger partial charge in [-0.05, 0) is 32.9 Å². The molecule has 1 aliphatic rings. The molecule has 0 bridgehead atoms. The number of carbonyl (C=O) groups is 1. The molecule has 2 rings (SSSR count). The van der Waals surface area contributed by atoms with Crippen LogP contribution in [0.2, 0.25) is 0 Å². The van der Waals surface area contributed by atoms with E-state index in [9.17, 15) is 4.79 Å². The van der Waals surface area contributed by atoms with E-state index < -0.39 is 0 Å². The summed E-state index contributed by atoms with van der Waals surface area (Å²) in [6, 6.07) is 7.74. The molecule has 1 aromatic carbocycles. The number of hydrogen-bond acceptors (Lipinski definition) is 3. The van der Waals surface area contributed by atoms with Gasteiger partial charge in [-0.25, -0.2) is 0 Å². The van der Waals surface area contributed by atoms with E-state index in [2.05, 4.69) is 4.90 Å². The van der Waals surface area contributed by atoms with Gasteiger partial charge in [-0.15, -0.1) is 0 Å². The number of nitrogens with two attached hydrogens (primary N) is 1. The fourth-order valence-corrected chi connectivity index (χ4v) is 2.71. The Labute approximate surface area is 131 Å². The molecule has 0 radical (unpaired) electrons. The summed E-state index contributed by atoms with van der Waals surface area (Å²) >= 11 is 5.14. The fraction of sp³-hybridized carbons (Fsp3) is 0.500. The van der Waals surface area contributed by atoms with Crippen LogP contribution in [-0.4, -0.2) is 52.4 Å². The van der Waals surface area contributed by atoms with Crippen LogP contribution in [0.5, 0.6) is 0 Å². The predicted molar refractivity (Wildman–Crippen MR) is 89.5 cm³/mol. The molecule has 0 spiro atoms. The number of aryl methyl sites for hydroxylation is 1. The van der Waals surface area contributed by atoms with E-state index in [1.807, 2.05) is 49.9 Å². The molecule has 5 heteroatoms. The van der Waals surface area contributed by atoms with Gasteiger partial charge in [-0.2, -0.15) is 0 Å². The molecule has 0 aliphatic carbocycles. The maximum Gasteiger partial charge on any atom is 0.253 e. The molecule has 1 aromatic rings. The van der Waals surface area contributed by atoms with Gasteiger partial charge in [0.15, 0.2) is 0 Å². The zero-order valence-electron chi connectivity index (χ0n) is 12.9. The van der Waals surface area contributed by atoms with Gasteiger partial charge < -0.3 is 10.6 Å². The number of benzene rings is 1. The van der Waals surface area contributed by atoms with Crippen molar-refractivity contribution in [3.05, 3.63) is 35.4 Å². The zero-order chi connectivity index (χ0) is 15.6. The van der Waals surface area contributed by atoms with Gasteiger partial charge >= 0.3 is 0 Å². The largest absolute Gasteiger partial charge is 0.392 e. The smallest absolute Gasteiger partial charge is 0.253 e. The highest BCUT2D eigenvalue weighted by molar-refractivity contribution is 7.80. The van der Waals surface area contributed by atoms with Crippen LogP contribution in [-0.2, 0) is 0 Å². The number of thiocarbonyl (C=S) groups is 1. The van der Waals surface area contributed by atoms with Crippen LogP contribution < -0.4 is 5.73 Å². The molecule has 2 N–H and O–H groups in total. The van der Waals surface area contributed by atoms with Gasteiger partial charge in [0, 0.05) is 31.7 Å². The minimum Gasteiger partial charge on any atom is -0.392 e. The Morgan fingerprint density at radius 1 is 1.24 bits per heavy atom. The first-order chi connectivity index (χ1) is 9.82. The summed E-state index contributed by atoms with van der Waals surface area (Å²) in [6.45, 7) is 9.07. The minimum atomic E-state index is -0.298. The summed E-state index contributed by atoms with van der Waals surface area (Å²) in [5, 5.41) is 0. The molecule has 1 fully saturated rings. The van der Waals surface area contributed by atoms with Crippen molar-refractivity contribution in [3.63, 3.8) is 0 Å². The molecular weight excluding hydrogens is 282 g/mol. The first kappa shape index (κ1) is 15.9. The standard InChI is InChI=1S/C16H23N3OS/c1-12-5-4-6-13(11-12)14(20)18-7-9-19(10-8-18)16(2,3)15(17)21/h4-6,11H,7-10H2,1-3H3,(H2,17,21). The summed E-state index contributed by atoms with van der Waals surface area (Å²) in [7, 11) is 0. The Balaban J connectivity index is 2.01. The third kappa shape index (κ3) is 3.41. The lowest BCUT2D eigenvalue weighted by Gasteiger charge is -2.43. The third-order valence-electron chi connectivity index (χ3n) is 4.23. The van der Waals surface area contributed by atoms with Gasteiger partial charge in [-0.3, -0.25) is 9.69 Å². The van der Waals surface area contributed by atoms with Crippen LogP contribution in [0.15, 0.2) is 24.3 Å². The van der Waals surface area contributed by atoms with Crippen molar-refractivity contribution in [2.45, 2.75) is 26.3 Å². The lowest BCUT2D eigenvalue weighted by molar-refractivity contribution is 0.0539. The Morgan fingerprint density at radius 2 is 1.86 bits per heavy atom. The van der Waals surface area contributed by atoms with Crippen LogP contribution in [0.1, 0.15) is 29.8 Å². The number of hydrogen-bond donors (Lipinski definition) is 1. The van der Waals surface area contributed by atoms with Crippen molar-refractivity contribution in [2.75, 3.05) is 26.2 Å². The highest BCUT2D eigenvalue weighted by atomic mass is 32.1. The molecule has 1 heterocycles. The molecule has 0 aromatic heterocycles. The van der Waals surface area contributed by atoms with Gasteiger partial charge in [-0.1, -0.05) is 29.9 Å². The maximum absolute atomic E-state index is 12.5. The third-order valence-corrected chi connectivity index (χ3v) is 4.73. The lowest BCUT2D eigenvalue weighted by Crippen LogP contribution is -2.59. The normalized spacial score (nSPS) is 16.8. The second-order valence-corrected chi connectivity index (χ2v) is 6.51. The van der Waals surface area contributed by atoms with Crippen molar-refractivity contribution in [1.82, 2.24) is 9.80 Å². The molecule has 1 amide bonds. The van der Waals surface area contributed by atoms with E-state index in [1.165, 1.54) is 0 Å². The summed E-state index contributed by atoms with van der Waals surface area (Å²) in [6.07, 6.45) is 0. The van der Waals surface area contributed by atoms with E-state index in [4.69, 9.17) is 18.0 Å². The number of carbonyl (C=O) groups excluding carboxylic acids is 1. The quantitative estimate of drug-likeness (QED) is 0.866. The van der Waals surface area contributed by atoms with Crippen molar-refractivity contribution in [1.29, 1.82) is 0 Å². The van der Waals surface area contributed by atoms with E-state index >= 15 is 0 Å². The number of rotatable bonds is 3. The average Bonchev–Trinajstić information content (AvgIpc) is 2.46. The second-order valence-electron chi connectivity index (χ2n) is 6.07. The van der Waals surface area contributed by atoms with Crippen molar-refractivity contribution in [3.8, 4) is 0 Å². The molecule has 0 saturated carbocycles. The predicted octanol–water partition coefficient (Wildman–Crippen LogP) is 1.82. The van der Waals surface area contributed by atoms with E-state index in [1.54, 1.807) is 0 Å². The first-order valence-corrected chi connectivity index (χ1v) is 7.64. The lowest BCUT2D eigenvalue weighted by atomic mass is 10.0. The van der Waals surface area contributed by atoms with Crippen molar-refractivity contribution >= 4 is 23.1 Å². The van der Waals surface area contributed by atoms with Crippen molar-refractivity contribution in [2.24, 2.45) is 5.73 Å². The Bertz CT molecular complexity index is 548. The SMILES string of the molecule is Cc1cccc(C(=O)N2CCN(C(C)(C)C(N)=S)CC2)c1. The molecule has 4 nitrogen and oxygen atoms in total. The minimum absolute atomic E-state index is 0.103. The van der Waals surface area contributed by atoms with E-state index in [0.717, 1.165) is 24.2 Å². The Morgan fingerprint density at radius 3 is 2.38 bits per heavy atom. The van der Waals surface area contributed by atoms with Gasteiger partial charge in [0.2, 0.25) is 0 Å². The van der Waals surface area contributed by atoms with Gasteiger partial charge in [0.1, 0.15) is 0 Å². The zero-order valence-corrected chi connectivity index (χ0v) is 13.7. The maximum atomic E-state index is 12.5. The summed E-state index contributed by atoms with van der Waals surface area (Å²) in [4.78, 5) is 17.1. The van der Waals surface area contributed by atoms with Gasteiger partial charge in [0.05, 0.1) is 10.5 Å². The monoisotopic (exact) mass is 305 g/mol. The van der Waals surface area contributed by atoms with Crippen molar-refractivity contribution < 1.29 is 4.79 Å². The van der Waals surface area contributed by atoms with Crippen LogP contribution >= 0.6 is 12.2 Å². The van der Waals surface area contributed by atoms with E-state index in [-0.39, 0.29) is 11.4 Å². The number of amides is 1. The number of nitrogens with zero attached hydrogens (tertiary/aromatic N) is 2. The molecule has 0 atom stereocenters. The van der Waals surface area contributed by atoms with Crippen LogP contribution in [0.25, 0.3) is 0 Å². The summed E-state index contributed by atoms with van der Waals surface area (Å²) < 4.78 is 0. The van der Waals surface area contributed by atoms with Crippen LogP contribution in [0.3, 0.4) is 0 Å². The van der Waals surface area contributed by atoms with Gasteiger partial charge in [0.25, 0.3) is 5.91 Å². The molecule has 1 aliphatic heterocycles. The fourth-order valence-electron chi connectivity index (χ4n) is 2.59. The Kier molecular flexibility index (Phi) is 4.64. The highest BCUT2D eigenvalue weighted by Crippen LogP contribution is 2.18. The molecule has 114 valence electrons. The number of piperazine rings is 1. The van der Waals surface area contributed by atoms with Crippen LogP contribution in [0, 0.1) is 6.92 Å². The summed E-state index contributed by atoms with van der Waals surface area (Å²) in [5.41, 5.74) is 7.38. The van der Waals surface area contributed by atoms with Crippen LogP contribution in [0.4, 0.5) is 0 Å². The second kappa shape index (κ2) is 6.12. The molecular formula is C16H23N3OS. The topological polar surface area (TPSA) is 49.6 Å². The Hall–Kier alpha value is -1.46. The summed E-state index contributed by atoms with van der Waals surface area (Å²) in [5.74, 6) is 0.103. The first-order valence-electron chi connectivity index (χ1n) is 7.23.